The van der Waals surface area contributed by atoms with Crippen molar-refractivity contribution in [2.24, 2.45) is 5.73 Å². The molecule has 106 valence electrons. The summed E-state index contributed by atoms with van der Waals surface area (Å²) in [5.41, 5.74) is 6.44. The zero-order valence-electron chi connectivity index (χ0n) is 10.5. The second-order valence-corrected chi connectivity index (χ2v) is 6.21. The molecule has 0 saturated heterocycles. The highest BCUT2D eigenvalue weighted by atomic mass is 32.2. The first-order valence-electron chi connectivity index (χ1n) is 5.56. The molecular weight excluding hydrogens is 300 g/mol. The van der Waals surface area contributed by atoms with Crippen molar-refractivity contribution in [1.29, 1.82) is 0 Å². The van der Waals surface area contributed by atoms with Crippen LogP contribution in [0, 0.1) is 6.92 Å². The molecule has 2 aromatic rings. The second-order valence-electron chi connectivity index (χ2n) is 4.00. The number of nitrogens with two attached hydrogens (primary N) is 1. The summed E-state index contributed by atoms with van der Waals surface area (Å²) in [4.78, 5) is 4.01. The van der Waals surface area contributed by atoms with E-state index in [2.05, 4.69) is 14.9 Å². The van der Waals surface area contributed by atoms with Crippen molar-refractivity contribution in [1.82, 2.24) is 14.9 Å². The van der Waals surface area contributed by atoms with Gasteiger partial charge in [-0.1, -0.05) is 17.4 Å². The average molecular weight is 312 g/mol. The Bertz CT molecular complexity index is 722. The number of aromatic nitrogens is 2. The van der Waals surface area contributed by atoms with Gasteiger partial charge in [-0.05, 0) is 19.1 Å². The molecule has 0 aliphatic carbocycles. The molecule has 0 radical (unpaired) electrons. The minimum Gasteiger partial charge on any atom is -0.388 e. The highest BCUT2D eigenvalue weighted by Crippen LogP contribution is 2.09. The standard InChI is InChI=1S/C11H12N4O3S2/c1-7-4-8(18-15-7)5-14-20(16,17)9-2-3-10(11(12)19)13-6-9/h2-4,6,14H,5H2,1H3,(H2,12,19). The van der Waals surface area contributed by atoms with Crippen molar-refractivity contribution < 1.29 is 12.9 Å². The lowest BCUT2D eigenvalue weighted by Crippen LogP contribution is -2.23. The number of nitrogens with zero attached hydrogens (tertiary/aromatic N) is 2. The molecule has 3 N–H and O–H groups in total. The highest BCUT2D eigenvalue weighted by Gasteiger charge is 2.15. The topological polar surface area (TPSA) is 111 Å². The van der Waals surface area contributed by atoms with Gasteiger partial charge in [-0.2, -0.15) is 0 Å². The van der Waals surface area contributed by atoms with Crippen molar-refractivity contribution in [3.8, 4) is 0 Å². The van der Waals surface area contributed by atoms with Crippen LogP contribution in [0.1, 0.15) is 17.1 Å². The molecular formula is C11H12N4O3S2. The number of pyridine rings is 1. The van der Waals surface area contributed by atoms with Crippen molar-refractivity contribution in [2.75, 3.05) is 0 Å². The van der Waals surface area contributed by atoms with E-state index < -0.39 is 10.0 Å². The highest BCUT2D eigenvalue weighted by molar-refractivity contribution is 7.89. The van der Waals surface area contributed by atoms with Gasteiger partial charge in [0, 0.05) is 12.3 Å². The molecule has 9 heteroatoms. The summed E-state index contributed by atoms with van der Waals surface area (Å²) in [5.74, 6) is 0.429. The van der Waals surface area contributed by atoms with E-state index in [4.69, 9.17) is 22.5 Å². The van der Waals surface area contributed by atoms with Crippen molar-refractivity contribution in [3.05, 3.63) is 41.5 Å². The average Bonchev–Trinajstić information content (AvgIpc) is 2.82. The third-order valence-corrected chi connectivity index (χ3v) is 4.01. The van der Waals surface area contributed by atoms with Gasteiger partial charge in [0.25, 0.3) is 0 Å². The Kier molecular flexibility index (Phi) is 4.12. The number of hydrogen-bond acceptors (Lipinski definition) is 6. The predicted molar refractivity (Wildman–Crippen MR) is 75.4 cm³/mol. The SMILES string of the molecule is Cc1cc(CNS(=O)(=O)c2ccc(C(N)=S)nc2)on1. The summed E-state index contributed by atoms with van der Waals surface area (Å²) >= 11 is 4.75. The summed E-state index contributed by atoms with van der Waals surface area (Å²) in [6.07, 6.45) is 1.20. The van der Waals surface area contributed by atoms with Gasteiger partial charge in [-0.3, -0.25) is 4.98 Å². The van der Waals surface area contributed by atoms with Gasteiger partial charge < -0.3 is 10.3 Å². The van der Waals surface area contributed by atoms with Crippen LogP contribution < -0.4 is 10.5 Å². The van der Waals surface area contributed by atoms with Gasteiger partial charge in [0.05, 0.1) is 17.9 Å². The Morgan fingerprint density at radius 1 is 1.50 bits per heavy atom. The van der Waals surface area contributed by atoms with Gasteiger partial charge in [0.1, 0.15) is 9.88 Å². The maximum absolute atomic E-state index is 12.0. The molecule has 2 rings (SSSR count). The van der Waals surface area contributed by atoms with Crippen molar-refractivity contribution in [2.45, 2.75) is 18.4 Å². The Morgan fingerprint density at radius 3 is 2.75 bits per heavy atom. The number of aryl methyl sites for hydroxylation is 1. The molecule has 0 aromatic carbocycles. The molecule has 2 aromatic heterocycles. The van der Waals surface area contributed by atoms with Gasteiger partial charge >= 0.3 is 0 Å². The normalized spacial score (nSPS) is 11.4. The molecule has 0 bridgehead atoms. The van der Waals surface area contributed by atoms with E-state index in [1.807, 2.05) is 0 Å². The van der Waals surface area contributed by atoms with E-state index in [0.29, 0.717) is 17.1 Å². The number of rotatable bonds is 5. The summed E-state index contributed by atoms with van der Waals surface area (Å²) in [5, 5.41) is 3.67. The largest absolute Gasteiger partial charge is 0.388 e. The van der Waals surface area contributed by atoms with Crippen LogP contribution in [0.2, 0.25) is 0 Å². The zero-order valence-corrected chi connectivity index (χ0v) is 12.2. The maximum Gasteiger partial charge on any atom is 0.242 e. The van der Waals surface area contributed by atoms with E-state index in [9.17, 15) is 8.42 Å². The minimum atomic E-state index is -3.68. The van der Waals surface area contributed by atoms with Crippen LogP contribution in [-0.4, -0.2) is 23.5 Å². The predicted octanol–water partition coefficient (Wildman–Crippen LogP) is 0.491. The second kappa shape index (κ2) is 5.65. The minimum absolute atomic E-state index is 0.0141. The fourth-order valence-electron chi connectivity index (χ4n) is 1.43. The molecule has 20 heavy (non-hydrogen) atoms. The van der Waals surface area contributed by atoms with Crippen LogP contribution in [0.3, 0.4) is 0 Å². The van der Waals surface area contributed by atoms with E-state index in [0.717, 1.165) is 0 Å². The van der Waals surface area contributed by atoms with Crippen LogP contribution in [0.4, 0.5) is 0 Å². The lowest BCUT2D eigenvalue weighted by Gasteiger charge is -2.05. The Labute approximate surface area is 121 Å². The lowest BCUT2D eigenvalue weighted by atomic mass is 10.3. The zero-order chi connectivity index (χ0) is 14.8. The molecule has 0 atom stereocenters. The van der Waals surface area contributed by atoms with Crippen LogP contribution in [-0.2, 0) is 16.6 Å². The van der Waals surface area contributed by atoms with Crippen LogP contribution >= 0.6 is 12.2 Å². The smallest absolute Gasteiger partial charge is 0.242 e. The Hall–Kier alpha value is -1.84. The fourth-order valence-corrected chi connectivity index (χ4v) is 2.49. The van der Waals surface area contributed by atoms with Gasteiger partial charge in [0.2, 0.25) is 10.0 Å². The van der Waals surface area contributed by atoms with Crippen molar-refractivity contribution >= 4 is 27.2 Å². The maximum atomic E-state index is 12.0. The number of nitrogens with one attached hydrogen (secondary N) is 1. The van der Waals surface area contributed by atoms with Gasteiger partial charge in [-0.15, -0.1) is 0 Å². The quantitative estimate of drug-likeness (QED) is 0.773. The van der Waals surface area contributed by atoms with E-state index in [1.54, 1.807) is 13.0 Å². The summed E-state index contributed by atoms with van der Waals surface area (Å²) < 4.78 is 31.3. The van der Waals surface area contributed by atoms with E-state index in [1.165, 1.54) is 18.3 Å². The van der Waals surface area contributed by atoms with Crippen LogP contribution in [0.5, 0.6) is 0 Å². The number of thiocarbonyl (C=S) groups is 1. The monoisotopic (exact) mass is 312 g/mol. The number of hydrogen-bond donors (Lipinski definition) is 2. The Balaban J connectivity index is 2.11. The first-order valence-corrected chi connectivity index (χ1v) is 7.45. The third kappa shape index (κ3) is 3.38. The molecule has 0 spiro atoms. The Morgan fingerprint density at radius 2 is 2.25 bits per heavy atom. The summed E-state index contributed by atoms with van der Waals surface area (Å²) in [6, 6.07) is 4.49. The lowest BCUT2D eigenvalue weighted by molar-refractivity contribution is 0.377. The molecule has 0 saturated carbocycles. The summed E-state index contributed by atoms with van der Waals surface area (Å²) in [6.45, 7) is 1.76. The molecule has 0 amide bonds. The third-order valence-electron chi connectivity index (χ3n) is 2.41. The molecule has 0 aliphatic rings. The van der Waals surface area contributed by atoms with Crippen molar-refractivity contribution in [3.63, 3.8) is 0 Å². The first-order chi connectivity index (χ1) is 9.38. The number of sulfonamides is 1. The molecule has 0 unspecified atom stereocenters. The van der Waals surface area contributed by atoms with E-state index in [-0.39, 0.29) is 16.4 Å². The molecule has 0 aliphatic heterocycles. The fraction of sp³-hybridized carbons (Fsp3) is 0.182. The van der Waals surface area contributed by atoms with Crippen LogP contribution in [0.25, 0.3) is 0 Å². The molecule has 0 fully saturated rings. The molecule has 2 heterocycles. The first kappa shape index (κ1) is 14.6. The van der Waals surface area contributed by atoms with E-state index >= 15 is 0 Å². The van der Waals surface area contributed by atoms with Gasteiger partial charge in [0.15, 0.2) is 5.76 Å². The molecule has 7 nitrogen and oxygen atoms in total. The van der Waals surface area contributed by atoms with Gasteiger partial charge in [-0.25, -0.2) is 13.1 Å². The van der Waals surface area contributed by atoms with Crippen LogP contribution in [0.15, 0.2) is 33.8 Å². The summed E-state index contributed by atoms with van der Waals surface area (Å²) in [7, 11) is -3.68.